The third kappa shape index (κ3) is 5.49. The van der Waals surface area contributed by atoms with Gasteiger partial charge in [-0.15, -0.1) is 0 Å². The van der Waals surface area contributed by atoms with Crippen molar-refractivity contribution in [3.05, 3.63) is 0 Å². The number of esters is 1. The maximum atomic E-state index is 11.8. The van der Waals surface area contributed by atoms with Gasteiger partial charge in [-0.05, 0) is 20.3 Å². The van der Waals surface area contributed by atoms with Crippen LogP contribution in [0.5, 0.6) is 0 Å². The van der Waals surface area contributed by atoms with Gasteiger partial charge in [0.25, 0.3) is 0 Å². The Morgan fingerprint density at radius 1 is 1.39 bits per heavy atom. The summed E-state index contributed by atoms with van der Waals surface area (Å²) in [4.78, 5) is 22.7. The van der Waals surface area contributed by atoms with Gasteiger partial charge >= 0.3 is 11.9 Å². The summed E-state index contributed by atoms with van der Waals surface area (Å²) in [5, 5.41) is 11.6. The van der Waals surface area contributed by atoms with Crippen LogP contribution in [0.4, 0.5) is 0 Å². The molecule has 7 heteroatoms. The number of carbonyl (C=O) groups is 2. The molecule has 0 amide bonds. The number of rotatable bonds is 8. The maximum Gasteiger partial charge on any atom is 0.325 e. The first-order valence-corrected chi connectivity index (χ1v) is 6.75. The van der Waals surface area contributed by atoms with Crippen molar-refractivity contribution in [2.45, 2.75) is 49.8 Å². The van der Waals surface area contributed by atoms with Crippen LogP contribution in [0, 0.1) is 0 Å². The SMILES string of the molecule is CCCC(S)(S)[C@H](N[C@@H](C)C(=O)O)C(=O)OCC. The van der Waals surface area contributed by atoms with E-state index in [1.165, 1.54) is 6.92 Å². The monoisotopic (exact) mass is 295 g/mol. The highest BCUT2D eigenvalue weighted by atomic mass is 32.2. The summed E-state index contributed by atoms with van der Waals surface area (Å²) in [6.07, 6.45) is 1.31. The molecule has 0 radical (unpaired) electrons. The van der Waals surface area contributed by atoms with E-state index in [0.29, 0.717) is 6.42 Å². The summed E-state index contributed by atoms with van der Waals surface area (Å²) in [6, 6.07) is -1.76. The van der Waals surface area contributed by atoms with Crippen molar-refractivity contribution in [3.8, 4) is 0 Å². The van der Waals surface area contributed by atoms with Gasteiger partial charge in [0.05, 0.1) is 10.7 Å². The zero-order valence-electron chi connectivity index (χ0n) is 10.8. The minimum Gasteiger partial charge on any atom is -0.480 e. The van der Waals surface area contributed by atoms with Crippen molar-refractivity contribution in [2.75, 3.05) is 6.61 Å². The largest absolute Gasteiger partial charge is 0.480 e. The number of nitrogens with one attached hydrogen (secondary N) is 1. The Labute approximate surface area is 118 Å². The second kappa shape index (κ2) is 7.91. The van der Waals surface area contributed by atoms with Gasteiger partial charge in [-0.2, -0.15) is 25.3 Å². The predicted octanol–water partition coefficient (Wildman–Crippen LogP) is 1.34. The van der Waals surface area contributed by atoms with E-state index in [-0.39, 0.29) is 6.61 Å². The van der Waals surface area contributed by atoms with Crippen LogP contribution in [-0.4, -0.2) is 39.8 Å². The number of ether oxygens (including phenoxy) is 1. The van der Waals surface area contributed by atoms with Crippen LogP contribution in [0.1, 0.15) is 33.6 Å². The average molecular weight is 295 g/mol. The van der Waals surface area contributed by atoms with Crippen molar-refractivity contribution in [1.29, 1.82) is 0 Å². The number of hydrogen-bond donors (Lipinski definition) is 4. The molecule has 0 bridgehead atoms. The minimum absolute atomic E-state index is 0.224. The van der Waals surface area contributed by atoms with Crippen molar-refractivity contribution in [3.63, 3.8) is 0 Å². The number of carboxylic acid groups (broad SMARTS) is 1. The molecule has 0 saturated carbocycles. The first-order chi connectivity index (χ1) is 8.26. The van der Waals surface area contributed by atoms with E-state index < -0.39 is 28.1 Å². The zero-order chi connectivity index (χ0) is 14.3. The lowest BCUT2D eigenvalue weighted by atomic mass is 10.1. The van der Waals surface area contributed by atoms with E-state index in [0.717, 1.165) is 6.42 Å². The molecule has 5 nitrogen and oxygen atoms in total. The number of aliphatic carboxylic acids is 1. The standard InChI is InChI=1S/C11H21NO4S2/c1-4-6-11(17,18)8(10(15)16-5-2)12-7(3)9(13)14/h7-8,12,17-18H,4-6H2,1-3H3,(H,13,14)/t7-,8+/m0/s1. The molecule has 18 heavy (non-hydrogen) atoms. The summed E-state index contributed by atoms with van der Waals surface area (Å²) in [6.45, 7) is 5.30. The van der Waals surface area contributed by atoms with E-state index in [1.807, 2.05) is 6.92 Å². The number of carboxylic acids is 1. The minimum atomic E-state index is -1.04. The Morgan fingerprint density at radius 2 is 1.94 bits per heavy atom. The summed E-state index contributed by atoms with van der Waals surface area (Å²) in [5.74, 6) is -1.58. The van der Waals surface area contributed by atoms with Crippen LogP contribution < -0.4 is 5.32 Å². The highest BCUT2D eigenvalue weighted by Crippen LogP contribution is 2.31. The molecule has 0 aliphatic heterocycles. The number of hydrogen-bond acceptors (Lipinski definition) is 6. The van der Waals surface area contributed by atoms with Gasteiger partial charge in [0.15, 0.2) is 0 Å². The number of carbonyl (C=O) groups excluding carboxylic acids is 1. The summed E-state index contributed by atoms with van der Waals surface area (Å²) >= 11 is 8.69. The van der Waals surface area contributed by atoms with Crippen molar-refractivity contribution >= 4 is 37.2 Å². The molecule has 0 spiro atoms. The Balaban J connectivity index is 4.93. The fourth-order valence-corrected chi connectivity index (χ4v) is 2.26. The third-order valence-corrected chi connectivity index (χ3v) is 3.35. The second-order valence-electron chi connectivity index (χ2n) is 4.04. The van der Waals surface area contributed by atoms with Crippen molar-refractivity contribution < 1.29 is 19.4 Å². The van der Waals surface area contributed by atoms with Crippen LogP contribution in [0.15, 0.2) is 0 Å². The Kier molecular flexibility index (Phi) is 7.73. The average Bonchev–Trinajstić information content (AvgIpc) is 2.25. The Morgan fingerprint density at radius 3 is 2.33 bits per heavy atom. The van der Waals surface area contributed by atoms with Crippen LogP contribution in [0.2, 0.25) is 0 Å². The predicted molar refractivity (Wildman–Crippen MR) is 76.3 cm³/mol. The summed E-state index contributed by atoms with van der Waals surface area (Å²) < 4.78 is 3.97. The van der Waals surface area contributed by atoms with Gasteiger partial charge in [-0.1, -0.05) is 13.3 Å². The lowest BCUT2D eigenvalue weighted by Gasteiger charge is -2.32. The second-order valence-corrected chi connectivity index (χ2v) is 5.99. The van der Waals surface area contributed by atoms with E-state index in [1.54, 1.807) is 6.92 Å². The molecule has 106 valence electrons. The first-order valence-electron chi connectivity index (χ1n) is 5.86. The third-order valence-electron chi connectivity index (χ3n) is 2.39. The highest BCUT2D eigenvalue weighted by Gasteiger charge is 2.39. The van der Waals surface area contributed by atoms with E-state index in [4.69, 9.17) is 9.84 Å². The van der Waals surface area contributed by atoms with Crippen molar-refractivity contribution in [2.24, 2.45) is 0 Å². The molecular weight excluding hydrogens is 274 g/mol. The summed E-state index contributed by atoms with van der Waals surface area (Å²) in [7, 11) is 0. The smallest absolute Gasteiger partial charge is 0.325 e. The Hall–Kier alpha value is -0.400. The lowest BCUT2D eigenvalue weighted by Crippen LogP contribution is -2.55. The molecule has 0 aliphatic rings. The van der Waals surface area contributed by atoms with Crippen LogP contribution >= 0.6 is 25.3 Å². The van der Waals surface area contributed by atoms with Gasteiger partial charge in [0.1, 0.15) is 12.1 Å². The molecular formula is C11H21NO4S2. The van der Waals surface area contributed by atoms with Crippen LogP contribution in [0.25, 0.3) is 0 Å². The fourth-order valence-electron chi connectivity index (χ4n) is 1.45. The van der Waals surface area contributed by atoms with E-state index in [9.17, 15) is 9.59 Å². The summed E-state index contributed by atoms with van der Waals surface area (Å²) in [5.41, 5.74) is 0. The van der Waals surface area contributed by atoms with Gasteiger partial charge < -0.3 is 9.84 Å². The molecule has 0 unspecified atom stereocenters. The van der Waals surface area contributed by atoms with Crippen molar-refractivity contribution in [1.82, 2.24) is 5.32 Å². The molecule has 0 aromatic carbocycles. The van der Waals surface area contributed by atoms with Crippen LogP contribution in [-0.2, 0) is 14.3 Å². The first kappa shape index (κ1) is 17.6. The van der Waals surface area contributed by atoms with E-state index in [2.05, 4.69) is 30.6 Å². The molecule has 0 heterocycles. The molecule has 2 N–H and O–H groups in total. The fraction of sp³-hybridized carbons (Fsp3) is 0.818. The molecule has 0 saturated heterocycles. The topological polar surface area (TPSA) is 75.6 Å². The van der Waals surface area contributed by atoms with Crippen LogP contribution in [0.3, 0.4) is 0 Å². The number of thiol groups is 2. The van der Waals surface area contributed by atoms with E-state index >= 15 is 0 Å². The molecule has 0 aromatic heterocycles. The van der Waals surface area contributed by atoms with Gasteiger partial charge in [0.2, 0.25) is 0 Å². The molecule has 2 atom stereocenters. The molecule has 0 fully saturated rings. The Bertz CT molecular complexity index is 297. The molecule has 0 aliphatic carbocycles. The molecule has 0 aromatic rings. The quantitative estimate of drug-likeness (QED) is 0.309. The molecule has 0 rings (SSSR count). The van der Waals surface area contributed by atoms with Gasteiger partial charge in [-0.3, -0.25) is 14.9 Å². The normalized spacial score (nSPS) is 14.9. The lowest BCUT2D eigenvalue weighted by molar-refractivity contribution is -0.147. The van der Waals surface area contributed by atoms with Gasteiger partial charge in [0, 0.05) is 0 Å². The zero-order valence-corrected chi connectivity index (χ0v) is 12.6. The van der Waals surface area contributed by atoms with Gasteiger partial charge in [-0.25, -0.2) is 0 Å². The maximum absolute atomic E-state index is 11.8. The highest BCUT2D eigenvalue weighted by molar-refractivity contribution is 8.00.